The summed E-state index contributed by atoms with van der Waals surface area (Å²) < 4.78 is 10.2. The van der Waals surface area contributed by atoms with Gasteiger partial charge in [-0.05, 0) is 18.6 Å². The summed E-state index contributed by atoms with van der Waals surface area (Å²) in [4.78, 5) is 22.7. The Bertz CT molecular complexity index is 523. The van der Waals surface area contributed by atoms with Crippen LogP contribution in [0.25, 0.3) is 0 Å². The fourth-order valence-electron chi connectivity index (χ4n) is 1.49. The lowest BCUT2D eigenvalue weighted by atomic mass is 10.2. The Morgan fingerprint density at radius 1 is 1.33 bits per heavy atom. The molecular formula is C15H18N2O4. The number of aryl methyl sites for hydroxylation is 1. The van der Waals surface area contributed by atoms with Crippen molar-refractivity contribution in [3.8, 4) is 11.8 Å². The van der Waals surface area contributed by atoms with Gasteiger partial charge in [-0.1, -0.05) is 18.2 Å². The number of nitrogens with one attached hydrogen (secondary N) is 1. The maximum atomic E-state index is 11.4. The van der Waals surface area contributed by atoms with Crippen molar-refractivity contribution in [2.75, 3.05) is 19.8 Å². The molecule has 1 aromatic carbocycles. The molecule has 112 valence electrons. The van der Waals surface area contributed by atoms with E-state index in [4.69, 9.17) is 14.7 Å². The van der Waals surface area contributed by atoms with Gasteiger partial charge in [0.15, 0.2) is 6.61 Å². The second kappa shape index (κ2) is 9.37. The molecule has 1 rings (SSSR count). The highest BCUT2D eigenvalue weighted by atomic mass is 16.5. The van der Waals surface area contributed by atoms with Crippen LogP contribution in [0.4, 0.5) is 0 Å². The first-order valence-corrected chi connectivity index (χ1v) is 6.61. The molecule has 6 nitrogen and oxygen atoms in total. The summed E-state index contributed by atoms with van der Waals surface area (Å²) in [5.74, 6) is -0.197. The maximum absolute atomic E-state index is 11.4. The molecule has 0 spiro atoms. The van der Waals surface area contributed by atoms with E-state index in [1.54, 1.807) is 0 Å². The molecule has 0 fully saturated rings. The zero-order valence-corrected chi connectivity index (χ0v) is 11.9. The van der Waals surface area contributed by atoms with Crippen LogP contribution in [-0.2, 0) is 14.3 Å². The number of amides is 1. The van der Waals surface area contributed by atoms with Gasteiger partial charge in [-0.15, -0.1) is 0 Å². The van der Waals surface area contributed by atoms with Gasteiger partial charge in [0.2, 0.25) is 0 Å². The zero-order valence-electron chi connectivity index (χ0n) is 11.9. The van der Waals surface area contributed by atoms with Crippen molar-refractivity contribution in [1.29, 1.82) is 5.26 Å². The normalized spacial score (nSPS) is 9.52. The van der Waals surface area contributed by atoms with Crippen LogP contribution in [0.5, 0.6) is 5.75 Å². The predicted octanol–water partition coefficient (Wildman–Crippen LogP) is 1.34. The third-order valence-electron chi connectivity index (χ3n) is 2.58. The summed E-state index contributed by atoms with van der Waals surface area (Å²) in [5.41, 5.74) is 0.989. The molecule has 0 aliphatic carbocycles. The molecule has 0 atom stereocenters. The highest BCUT2D eigenvalue weighted by molar-refractivity contribution is 5.80. The molecule has 0 aliphatic heterocycles. The minimum absolute atomic E-state index is 0.0693. The Morgan fingerprint density at radius 2 is 2.10 bits per heavy atom. The highest BCUT2D eigenvalue weighted by Gasteiger charge is 2.08. The standard InChI is InChI=1S/C15H18N2O4/c1-12-5-2-3-6-13(12)20-10-7-15(19)21-11-14(18)17-9-4-8-16/h2-3,5-6H,4,7,9-11H2,1H3,(H,17,18). The third kappa shape index (κ3) is 6.97. The predicted molar refractivity (Wildman–Crippen MR) is 75.5 cm³/mol. The Labute approximate surface area is 123 Å². The number of hydrogen-bond acceptors (Lipinski definition) is 5. The van der Waals surface area contributed by atoms with E-state index in [2.05, 4.69) is 5.32 Å². The van der Waals surface area contributed by atoms with E-state index < -0.39 is 11.9 Å². The number of ether oxygens (including phenoxy) is 2. The number of esters is 1. The fourth-order valence-corrected chi connectivity index (χ4v) is 1.49. The van der Waals surface area contributed by atoms with Gasteiger partial charge >= 0.3 is 5.97 Å². The molecule has 21 heavy (non-hydrogen) atoms. The first kappa shape index (κ1) is 16.5. The number of nitrogens with zero attached hydrogens (tertiary/aromatic N) is 1. The second-order valence-corrected chi connectivity index (χ2v) is 4.28. The minimum atomic E-state index is -0.501. The van der Waals surface area contributed by atoms with Crippen LogP contribution < -0.4 is 10.1 Å². The van der Waals surface area contributed by atoms with E-state index in [1.807, 2.05) is 37.3 Å². The van der Waals surface area contributed by atoms with Crippen LogP contribution in [0, 0.1) is 18.3 Å². The summed E-state index contributed by atoms with van der Waals surface area (Å²) >= 11 is 0. The van der Waals surface area contributed by atoms with E-state index in [-0.39, 0.29) is 32.6 Å². The van der Waals surface area contributed by atoms with Gasteiger partial charge in [-0.3, -0.25) is 9.59 Å². The number of carbonyl (C=O) groups excluding carboxylic acids is 2. The number of rotatable bonds is 8. The summed E-state index contributed by atoms with van der Waals surface area (Å²) in [6, 6.07) is 9.39. The van der Waals surface area contributed by atoms with Gasteiger partial charge in [0, 0.05) is 6.54 Å². The number of carbonyl (C=O) groups is 2. The van der Waals surface area contributed by atoms with Crippen molar-refractivity contribution in [2.45, 2.75) is 19.8 Å². The quantitative estimate of drug-likeness (QED) is 0.576. The monoisotopic (exact) mass is 290 g/mol. The Balaban J connectivity index is 2.16. The van der Waals surface area contributed by atoms with E-state index in [0.717, 1.165) is 11.3 Å². The van der Waals surface area contributed by atoms with Gasteiger partial charge in [-0.2, -0.15) is 5.26 Å². The number of benzene rings is 1. The van der Waals surface area contributed by atoms with Crippen molar-refractivity contribution in [1.82, 2.24) is 5.32 Å². The van der Waals surface area contributed by atoms with Crippen LogP contribution in [0.15, 0.2) is 24.3 Å². The van der Waals surface area contributed by atoms with Crippen molar-refractivity contribution in [3.05, 3.63) is 29.8 Å². The van der Waals surface area contributed by atoms with Crippen LogP contribution in [0.1, 0.15) is 18.4 Å². The van der Waals surface area contributed by atoms with Crippen molar-refractivity contribution in [2.24, 2.45) is 0 Å². The zero-order chi connectivity index (χ0) is 15.5. The Kier molecular flexibility index (Phi) is 7.36. The van der Waals surface area contributed by atoms with Crippen LogP contribution in [0.3, 0.4) is 0 Å². The van der Waals surface area contributed by atoms with E-state index in [0.29, 0.717) is 0 Å². The minimum Gasteiger partial charge on any atom is -0.493 e. The Morgan fingerprint density at radius 3 is 2.81 bits per heavy atom. The van der Waals surface area contributed by atoms with Crippen molar-refractivity contribution < 1.29 is 19.1 Å². The molecule has 0 saturated carbocycles. The van der Waals surface area contributed by atoms with Crippen LogP contribution in [0.2, 0.25) is 0 Å². The lowest BCUT2D eigenvalue weighted by Crippen LogP contribution is -2.29. The SMILES string of the molecule is Cc1ccccc1OCCC(=O)OCC(=O)NCCC#N. The van der Waals surface area contributed by atoms with Gasteiger partial charge in [-0.25, -0.2) is 0 Å². The molecule has 1 aromatic rings. The average Bonchev–Trinajstić information content (AvgIpc) is 2.47. The highest BCUT2D eigenvalue weighted by Crippen LogP contribution is 2.16. The van der Waals surface area contributed by atoms with Gasteiger partial charge in [0.1, 0.15) is 5.75 Å². The summed E-state index contributed by atoms with van der Waals surface area (Å²) in [6.45, 7) is 2.02. The largest absolute Gasteiger partial charge is 0.493 e. The molecule has 0 unspecified atom stereocenters. The molecule has 0 heterocycles. The fraction of sp³-hybridized carbons (Fsp3) is 0.400. The molecule has 0 aromatic heterocycles. The summed E-state index contributed by atoms with van der Waals surface area (Å²) in [6.07, 6.45) is 0.295. The Hall–Kier alpha value is -2.55. The smallest absolute Gasteiger partial charge is 0.309 e. The maximum Gasteiger partial charge on any atom is 0.309 e. The average molecular weight is 290 g/mol. The summed E-state index contributed by atoms with van der Waals surface area (Å²) in [7, 11) is 0. The van der Waals surface area contributed by atoms with Gasteiger partial charge in [0.05, 0.1) is 25.5 Å². The van der Waals surface area contributed by atoms with Gasteiger partial charge < -0.3 is 14.8 Å². The first-order chi connectivity index (χ1) is 10.1. The van der Waals surface area contributed by atoms with Crippen molar-refractivity contribution >= 4 is 11.9 Å². The number of hydrogen-bond donors (Lipinski definition) is 1. The molecular weight excluding hydrogens is 272 g/mol. The second-order valence-electron chi connectivity index (χ2n) is 4.28. The molecule has 1 amide bonds. The molecule has 0 bridgehead atoms. The van der Waals surface area contributed by atoms with Crippen molar-refractivity contribution in [3.63, 3.8) is 0 Å². The van der Waals surface area contributed by atoms with E-state index >= 15 is 0 Å². The van der Waals surface area contributed by atoms with E-state index in [1.165, 1.54) is 0 Å². The number of para-hydroxylation sites is 1. The van der Waals surface area contributed by atoms with Crippen LogP contribution in [-0.4, -0.2) is 31.6 Å². The third-order valence-corrected chi connectivity index (χ3v) is 2.58. The lowest BCUT2D eigenvalue weighted by Gasteiger charge is -2.08. The molecule has 1 N–H and O–H groups in total. The first-order valence-electron chi connectivity index (χ1n) is 6.61. The number of nitriles is 1. The summed E-state index contributed by atoms with van der Waals surface area (Å²) in [5, 5.41) is 10.8. The lowest BCUT2D eigenvalue weighted by molar-refractivity contribution is -0.149. The van der Waals surface area contributed by atoms with E-state index in [9.17, 15) is 9.59 Å². The topological polar surface area (TPSA) is 88.4 Å². The van der Waals surface area contributed by atoms with Crippen LogP contribution >= 0.6 is 0 Å². The van der Waals surface area contributed by atoms with Gasteiger partial charge in [0.25, 0.3) is 5.91 Å². The molecule has 0 saturated heterocycles. The molecule has 0 aliphatic rings. The molecule has 6 heteroatoms. The molecule has 0 radical (unpaired) electrons.